The highest BCUT2D eigenvalue weighted by molar-refractivity contribution is 5.70. The second-order valence-corrected chi connectivity index (χ2v) is 9.28. The van der Waals surface area contributed by atoms with Crippen LogP contribution in [0.25, 0.3) is 0 Å². The Morgan fingerprint density at radius 1 is 1.34 bits per heavy atom. The standard InChI is InChI=1S/C23H36N4O2/c1-15(2)17-7-9-18(10-8-17)26-19-11-14-27(22(28)29-23(4,5)6)21-20(19)16(3)24-12-13-25-21/h7-9,15,18,21,24-26H,3,10-14H2,1-2,4-6H3. The Kier molecular flexibility index (Phi) is 6.42. The largest absolute Gasteiger partial charge is 0.444 e. The van der Waals surface area contributed by atoms with Gasteiger partial charge in [0.1, 0.15) is 11.8 Å². The Morgan fingerprint density at radius 2 is 2.10 bits per heavy atom. The molecule has 3 N–H and O–H groups in total. The summed E-state index contributed by atoms with van der Waals surface area (Å²) in [6.07, 6.45) is 7.98. The molecular weight excluding hydrogens is 364 g/mol. The van der Waals surface area contributed by atoms with Crippen molar-refractivity contribution in [1.82, 2.24) is 20.9 Å². The van der Waals surface area contributed by atoms with Crippen LogP contribution in [0.15, 0.2) is 47.3 Å². The SMILES string of the molecule is C=C1NCCNC2C1=C(NC1C=CC(C(C)C)=CC1)CCN2C(=O)OC(C)(C)C. The quantitative estimate of drug-likeness (QED) is 0.677. The van der Waals surface area contributed by atoms with Crippen LogP contribution < -0.4 is 16.0 Å². The minimum Gasteiger partial charge on any atom is -0.444 e. The Balaban J connectivity index is 1.82. The van der Waals surface area contributed by atoms with Crippen LogP contribution in [-0.2, 0) is 4.74 Å². The number of nitrogens with zero attached hydrogens (tertiary/aromatic N) is 1. The van der Waals surface area contributed by atoms with Crippen LogP contribution in [0.4, 0.5) is 4.79 Å². The van der Waals surface area contributed by atoms with Crippen LogP contribution in [0, 0.1) is 5.92 Å². The maximum atomic E-state index is 12.8. The van der Waals surface area contributed by atoms with Gasteiger partial charge >= 0.3 is 6.09 Å². The highest BCUT2D eigenvalue weighted by Gasteiger charge is 2.37. The lowest BCUT2D eigenvalue weighted by molar-refractivity contribution is 0.0150. The average molecular weight is 401 g/mol. The van der Waals surface area contributed by atoms with Crippen molar-refractivity contribution in [2.75, 3.05) is 19.6 Å². The van der Waals surface area contributed by atoms with Crippen LogP contribution in [0.2, 0.25) is 0 Å². The molecule has 3 rings (SSSR count). The summed E-state index contributed by atoms with van der Waals surface area (Å²) in [4.78, 5) is 14.6. The van der Waals surface area contributed by atoms with E-state index in [1.807, 2.05) is 20.8 Å². The summed E-state index contributed by atoms with van der Waals surface area (Å²) < 4.78 is 5.66. The predicted octanol–water partition coefficient (Wildman–Crippen LogP) is 3.41. The number of carbonyl (C=O) groups excluding carboxylic acids is 1. The summed E-state index contributed by atoms with van der Waals surface area (Å²) >= 11 is 0. The van der Waals surface area contributed by atoms with Gasteiger partial charge < -0.3 is 15.4 Å². The number of amides is 1. The van der Waals surface area contributed by atoms with E-state index in [0.29, 0.717) is 12.5 Å². The van der Waals surface area contributed by atoms with Crippen molar-refractivity contribution in [2.24, 2.45) is 5.92 Å². The first-order valence-electron chi connectivity index (χ1n) is 10.7. The molecule has 2 unspecified atom stereocenters. The van der Waals surface area contributed by atoms with Crippen LogP contribution >= 0.6 is 0 Å². The van der Waals surface area contributed by atoms with Gasteiger partial charge in [-0.3, -0.25) is 10.2 Å². The van der Waals surface area contributed by atoms with E-state index in [1.54, 1.807) is 4.90 Å². The maximum absolute atomic E-state index is 12.8. The van der Waals surface area contributed by atoms with Crippen LogP contribution in [0.3, 0.4) is 0 Å². The molecule has 1 aliphatic carbocycles. The van der Waals surface area contributed by atoms with Gasteiger partial charge in [-0.15, -0.1) is 0 Å². The van der Waals surface area contributed by atoms with Crippen molar-refractivity contribution in [3.05, 3.63) is 47.3 Å². The summed E-state index contributed by atoms with van der Waals surface area (Å²) in [5.41, 5.74) is 3.92. The van der Waals surface area contributed by atoms with E-state index in [2.05, 4.69) is 54.6 Å². The highest BCUT2D eigenvalue weighted by atomic mass is 16.6. The molecule has 1 fully saturated rings. The lowest BCUT2D eigenvalue weighted by Gasteiger charge is -2.40. The van der Waals surface area contributed by atoms with Crippen molar-refractivity contribution in [3.63, 3.8) is 0 Å². The van der Waals surface area contributed by atoms with Crippen molar-refractivity contribution in [1.29, 1.82) is 0 Å². The molecule has 0 aromatic rings. The van der Waals surface area contributed by atoms with Gasteiger partial charge in [0, 0.05) is 49.1 Å². The Labute approximate surface area is 175 Å². The fraction of sp³-hybridized carbons (Fsp3) is 0.609. The minimum atomic E-state index is -0.521. The lowest BCUT2D eigenvalue weighted by Crippen LogP contribution is -2.55. The molecule has 0 bridgehead atoms. The smallest absolute Gasteiger partial charge is 0.411 e. The number of hydrogen-bond donors (Lipinski definition) is 3. The molecule has 0 spiro atoms. The van der Waals surface area contributed by atoms with E-state index in [4.69, 9.17) is 4.74 Å². The van der Waals surface area contributed by atoms with Crippen molar-refractivity contribution in [2.45, 2.75) is 65.3 Å². The number of carbonyl (C=O) groups is 1. The highest BCUT2D eigenvalue weighted by Crippen LogP contribution is 2.29. The van der Waals surface area contributed by atoms with Crippen molar-refractivity contribution < 1.29 is 9.53 Å². The molecule has 1 saturated heterocycles. The molecule has 0 aromatic carbocycles. The average Bonchev–Trinajstić information content (AvgIpc) is 2.83. The van der Waals surface area contributed by atoms with Gasteiger partial charge in [-0.1, -0.05) is 38.7 Å². The van der Waals surface area contributed by atoms with Gasteiger partial charge in [0.25, 0.3) is 0 Å². The third kappa shape index (κ3) is 5.24. The maximum Gasteiger partial charge on any atom is 0.411 e. The number of allylic oxidation sites excluding steroid dienone is 2. The molecule has 3 aliphatic rings. The van der Waals surface area contributed by atoms with E-state index in [9.17, 15) is 4.79 Å². The second kappa shape index (κ2) is 8.66. The molecular formula is C23H36N4O2. The third-order valence-electron chi connectivity index (χ3n) is 5.42. The first kappa shape index (κ1) is 21.5. The third-order valence-corrected chi connectivity index (χ3v) is 5.42. The molecule has 1 amide bonds. The normalized spacial score (nSPS) is 25.2. The molecule has 6 nitrogen and oxygen atoms in total. The summed E-state index contributed by atoms with van der Waals surface area (Å²) in [6.45, 7) is 16.5. The van der Waals surface area contributed by atoms with E-state index in [0.717, 1.165) is 42.9 Å². The Morgan fingerprint density at radius 3 is 2.72 bits per heavy atom. The van der Waals surface area contributed by atoms with E-state index in [-0.39, 0.29) is 18.3 Å². The topological polar surface area (TPSA) is 65.6 Å². The number of nitrogens with one attached hydrogen (secondary N) is 3. The summed E-state index contributed by atoms with van der Waals surface area (Å²) in [5.74, 6) is 0.547. The van der Waals surface area contributed by atoms with Crippen LogP contribution in [0.5, 0.6) is 0 Å². The molecule has 2 atom stereocenters. The second-order valence-electron chi connectivity index (χ2n) is 9.28. The monoisotopic (exact) mass is 400 g/mol. The summed E-state index contributed by atoms with van der Waals surface area (Å²) in [6, 6.07) is 0.254. The number of rotatable bonds is 3. The zero-order valence-electron chi connectivity index (χ0n) is 18.5. The molecule has 29 heavy (non-hydrogen) atoms. The first-order chi connectivity index (χ1) is 13.7. The predicted molar refractivity (Wildman–Crippen MR) is 117 cm³/mol. The van der Waals surface area contributed by atoms with Gasteiger partial charge in [-0.05, 0) is 38.7 Å². The van der Waals surface area contributed by atoms with E-state index >= 15 is 0 Å². The molecule has 0 radical (unpaired) electrons. The van der Waals surface area contributed by atoms with E-state index in [1.165, 1.54) is 5.57 Å². The minimum absolute atomic E-state index is 0.238. The molecule has 2 heterocycles. The van der Waals surface area contributed by atoms with Crippen molar-refractivity contribution in [3.8, 4) is 0 Å². The van der Waals surface area contributed by atoms with Crippen molar-refractivity contribution >= 4 is 6.09 Å². The first-order valence-corrected chi connectivity index (χ1v) is 10.7. The summed E-state index contributed by atoms with van der Waals surface area (Å²) in [7, 11) is 0. The van der Waals surface area contributed by atoms with Gasteiger partial charge in [0.05, 0.1) is 0 Å². The number of ether oxygens (including phenoxy) is 1. The van der Waals surface area contributed by atoms with Gasteiger partial charge in [0.2, 0.25) is 0 Å². The molecule has 2 aliphatic heterocycles. The zero-order chi connectivity index (χ0) is 21.2. The fourth-order valence-electron chi connectivity index (χ4n) is 3.96. The van der Waals surface area contributed by atoms with Crippen LogP contribution in [0.1, 0.15) is 47.5 Å². The molecule has 0 saturated carbocycles. The summed E-state index contributed by atoms with van der Waals surface area (Å²) in [5, 5.41) is 10.6. The fourth-order valence-corrected chi connectivity index (χ4v) is 3.96. The van der Waals surface area contributed by atoms with Gasteiger partial charge in [-0.2, -0.15) is 0 Å². The molecule has 160 valence electrons. The zero-order valence-corrected chi connectivity index (χ0v) is 18.5. The van der Waals surface area contributed by atoms with Crippen LogP contribution in [-0.4, -0.2) is 48.4 Å². The van der Waals surface area contributed by atoms with E-state index < -0.39 is 5.60 Å². The molecule has 6 heteroatoms. The van der Waals surface area contributed by atoms with Gasteiger partial charge in [-0.25, -0.2) is 4.79 Å². The Bertz CT molecular complexity index is 742. The lowest BCUT2D eigenvalue weighted by atomic mass is 9.94. The number of fused-ring (bicyclic) bond motifs is 1. The van der Waals surface area contributed by atoms with Gasteiger partial charge in [0.15, 0.2) is 0 Å². The Hall–Kier alpha value is -2.21. The molecule has 0 aromatic heterocycles. The number of hydrogen-bond acceptors (Lipinski definition) is 5.